The van der Waals surface area contributed by atoms with Gasteiger partial charge in [-0.3, -0.25) is 9.69 Å². The predicted molar refractivity (Wildman–Crippen MR) is 113 cm³/mol. The standard InChI is InChI=1S/C22H20N2O4S/c1-2-26-18-11-6-12-19-21(18)23-22(29-19)24(14-17-10-7-13-27-17)20(25)15-28-16-8-4-3-5-9-16/h3-13H,2,14-15H2,1H3. The third-order valence-corrected chi connectivity index (χ3v) is 5.25. The van der Waals surface area contributed by atoms with Crippen LogP contribution in [0.15, 0.2) is 71.3 Å². The maximum Gasteiger partial charge on any atom is 0.267 e. The van der Waals surface area contributed by atoms with Crippen LogP contribution in [0.1, 0.15) is 12.7 Å². The fraction of sp³-hybridized carbons (Fsp3) is 0.182. The van der Waals surface area contributed by atoms with Crippen molar-refractivity contribution in [1.82, 2.24) is 4.98 Å². The van der Waals surface area contributed by atoms with Crippen LogP contribution in [0.2, 0.25) is 0 Å². The Morgan fingerprint density at radius 1 is 1.07 bits per heavy atom. The van der Waals surface area contributed by atoms with Crippen molar-refractivity contribution in [2.24, 2.45) is 0 Å². The van der Waals surface area contributed by atoms with Gasteiger partial charge in [-0.2, -0.15) is 0 Å². The van der Waals surface area contributed by atoms with Crippen LogP contribution in [-0.4, -0.2) is 24.1 Å². The van der Waals surface area contributed by atoms with Crippen molar-refractivity contribution in [3.8, 4) is 11.5 Å². The number of ether oxygens (including phenoxy) is 2. The van der Waals surface area contributed by atoms with Crippen LogP contribution in [0, 0.1) is 0 Å². The third kappa shape index (κ3) is 4.41. The summed E-state index contributed by atoms with van der Waals surface area (Å²) >= 11 is 1.43. The van der Waals surface area contributed by atoms with Crippen molar-refractivity contribution < 1.29 is 18.7 Å². The van der Waals surface area contributed by atoms with Gasteiger partial charge < -0.3 is 13.9 Å². The second-order valence-electron chi connectivity index (χ2n) is 6.19. The van der Waals surface area contributed by atoms with Crippen LogP contribution < -0.4 is 14.4 Å². The van der Waals surface area contributed by atoms with Crippen LogP contribution in [0.25, 0.3) is 10.2 Å². The molecule has 0 aliphatic carbocycles. The zero-order chi connectivity index (χ0) is 20.1. The first-order valence-corrected chi connectivity index (χ1v) is 10.1. The Morgan fingerprint density at radius 3 is 2.69 bits per heavy atom. The molecule has 0 spiro atoms. The summed E-state index contributed by atoms with van der Waals surface area (Å²) < 4.78 is 17.7. The lowest BCUT2D eigenvalue weighted by molar-refractivity contribution is -0.120. The number of carbonyl (C=O) groups is 1. The smallest absolute Gasteiger partial charge is 0.267 e. The molecule has 0 fully saturated rings. The van der Waals surface area contributed by atoms with Crippen molar-refractivity contribution in [3.05, 3.63) is 72.7 Å². The minimum atomic E-state index is -0.206. The van der Waals surface area contributed by atoms with Crippen LogP contribution in [0.4, 0.5) is 5.13 Å². The van der Waals surface area contributed by atoms with Crippen molar-refractivity contribution in [3.63, 3.8) is 0 Å². The Kier molecular flexibility index (Phi) is 5.76. The molecule has 2 aromatic heterocycles. The largest absolute Gasteiger partial charge is 0.492 e. The molecule has 7 heteroatoms. The minimum Gasteiger partial charge on any atom is -0.492 e. The highest BCUT2D eigenvalue weighted by Crippen LogP contribution is 2.35. The summed E-state index contributed by atoms with van der Waals surface area (Å²) in [5.41, 5.74) is 0.746. The number of rotatable bonds is 8. The van der Waals surface area contributed by atoms with Crippen LogP contribution in [0.3, 0.4) is 0 Å². The Hall–Kier alpha value is -3.32. The molecule has 2 aromatic carbocycles. The predicted octanol–water partition coefficient (Wildman–Crippen LogP) is 4.90. The van der Waals surface area contributed by atoms with Gasteiger partial charge in [0.2, 0.25) is 0 Å². The number of fused-ring (bicyclic) bond motifs is 1. The molecule has 0 atom stereocenters. The van der Waals surface area contributed by atoms with E-state index in [9.17, 15) is 4.79 Å². The van der Waals surface area contributed by atoms with Gasteiger partial charge in [-0.15, -0.1) is 0 Å². The first-order valence-electron chi connectivity index (χ1n) is 9.27. The molecular formula is C22H20N2O4S. The summed E-state index contributed by atoms with van der Waals surface area (Å²) in [6, 6.07) is 18.7. The summed E-state index contributed by atoms with van der Waals surface area (Å²) in [7, 11) is 0. The molecule has 2 heterocycles. The third-order valence-electron chi connectivity index (χ3n) is 4.20. The minimum absolute atomic E-state index is 0.0982. The second kappa shape index (κ2) is 8.79. The molecule has 0 bridgehead atoms. The highest BCUT2D eigenvalue weighted by molar-refractivity contribution is 7.22. The van der Waals surface area contributed by atoms with Gasteiger partial charge in [0.05, 0.1) is 24.1 Å². The number of aromatic nitrogens is 1. The molecule has 0 radical (unpaired) electrons. The summed E-state index contributed by atoms with van der Waals surface area (Å²) in [5, 5.41) is 0.574. The SMILES string of the molecule is CCOc1cccc2sc(N(Cc3ccco3)C(=O)COc3ccccc3)nc12. The Morgan fingerprint density at radius 2 is 1.93 bits per heavy atom. The second-order valence-corrected chi connectivity index (χ2v) is 7.20. The molecule has 0 aliphatic rings. The van der Waals surface area contributed by atoms with Crippen molar-refractivity contribution >= 4 is 32.6 Å². The molecular weight excluding hydrogens is 388 g/mol. The van der Waals surface area contributed by atoms with Crippen LogP contribution >= 0.6 is 11.3 Å². The molecule has 0 saturated heterocycles. The molecule has 4 aromatic rings. The first kappa shape index (κ1) is 19.0. The summed E-state index contributed by atoms with van der Waals surface area (Å²) in [6.07, 6.45) is 1.59. The summed E-state index contributed by atoms with van der Waals surface area (Å²) in [5.74, 6) is 1.81. The number of hydrogen-bond acceptors (Lipinski definition) is 6. The number of benzene rings is 2. The van der Waals surface area contributed by atoms with Gasteiger partial charge in [0.25, 0.3) is 5.91 Å². The molecule has 29 heavy (non-hydrogen) atoms. The zero-order valence-electron chi connectivity index (χ0n) is 15.9. The van der Waals surface area contributed by atoms with Crippen LogP contribution in [-0.2, 0) is 11.3 Å². The number of thiazole rings is 1. The highest BCUT2D eigenvalue weighted by Gasteiger charge is 2.23. The van der Waals surface area contributed by atoms with E-state index in [-0.39, 0.29) is 19.1 Å². The molecule has 0 unspecified atom stereocenters. The van der Waals surface area contributed by atoms with Crippen LogP contribution in [0.5, 0.6) is 11.5 Å². The van der Waals surface area contributed by atoms with Gasteiger partial charge in [-0.05, 0) is 43.3 Å². The monoisotopic (exact) mass is 408 g/mol. The van der Waals surface area contributed by atoms with E-state index in [0.29, 0.717) is 29.0 Å². The Labute approximate surface area is 172 Å². The summed E-state index contributed by atoms with van der Waals surface area (Å²) in [4.78, 5) is 19.3. The van der Waals surface area contributed by atoms with E-state index in [1.807, 2.05) is 61.5 Å². The molecule has 6 nitrogen and oxygen atoms in total. The number of nitrogens with zero attached hydrogens (tertiary/aromatic N) is 2. The Bertz CT molecular complexity index is 1080. The van der Waals surface area contributed by atoms with Crippen molar-refractivity contribution in [2.75, 3.05) is 18.1 Å². The van der Waals surface area contributed by atoms with Gasteiger partial charge >= 0.3 is 0 Å². The average Bonchev–Trinajstić information content (AvgIpc) is 3.41. The molecule has 1 amide bonds. The fourth-order valence-corrected chi connectivity index (χ4v) is 3.86. The lowest BCUT2D eigenvalue weighted by Gasteiger charge is -2.19. The van der Waals surface area contributed by atoms with E-state index in [1.165, 1.54) is 11.3 Å². The van der Waals surface area contributed by atoms with Crippen molar-refractivity contribution in [2.45, 2.75) is 13.5 Å². The maximum absolute atomic E-state index is 13.0. The zero-order valence-corrected chi connectivity index (χ0v) is 16.7. The molecule has 0 N–H and O–H groups in total. The van der Waals surface area contributed by atoms with E-state index in [0.717, 1.165) is 10.2 Å². The number of hydrogen-bond donors (Lipinski definition) is 0. The fourth-order valence-electron chi connectivity index (χ4n) is 2.86. The Balaban J connectivity index is 1.62. The molecule has 148 valence electrons. The maximum atomic E-state index is 13.0. The first-order chi connectivity index (χ1) is 14.2. The highest BCUT2D eigenvalue weighted by atomic mass is 32.1. The van der Waals surface area contributed by atoms with Gasteiger partial charge in [-0.1, -0.05) is 35.6 Å². The lowest BCUT2D eigenvalue weighted by atomic mass is 10.3. The number of anilines is 1. The van der Waals surface area contributed by atoms with Crippen molar-refractivity contribution in [1.29, 1.82) is 0 Å². The van der Waals surface area contributed by atoms with Gasteiger partial charge in [0.1, 0.15) is 22.8 Å². The normalized spacial score (nSPS) is 10.8. The quantitative estimate of drug-likeness (QED) is 0.415. The molecule has 0 saturated carbocycles. The lowest BCUT2D eigenvalue weighted by Crippen LogP contribution is -2.34. The number of furan rings is 1. The topological polar surface area (TPSA) is 64.8 Å². The number of amides is 1. The van der Waals surface area contributed by atoms with E-state index in [1.54, 1.807) is 17.2 Å². The van der Waals surface area contributed by atoms with Gasteiger partial charge in [0, 0.05) is 0 Å². The van der Waals surface area contributed by atoms with E-state index in [2.05, 4.69) is 4.98 Å². The number of carbonyl (C=O) groups excluding carboxylic acids is 1. The van der Waals surface area contributed by atoms with E-state index in [4.69, 9.17) is 13.9 Å². The van der Waals surface area contributed by atoms with E-state index < -0.39 is 0 Å². The molecule has 0 aliphatic heterocycles. The van der Waals surface area contributed by atoms with E-state index >= 15 is 0 Å². The number of para-hydroxylation sites is 2. The summed E-state index contributed by atoms with van der Waals surface area (Å²) in [6.45, 7) is 2.65. The molecule has 4 rings (SSSR count). The average molecular weight is 408 g/mol. The van der Waals surface area contributed by atoms with Gasteiger partial charge in [0.15, 0.2) is 11.7 Å². The van der Waals surface area contributed by atoms with Gasteiger partial charge in [-0.25, -0.2) is 4.98 Å².